The van der Waals surface area contributed by atoms with E-state index in [2.05, 4.69) is 5.32 Å². The number of hydrogen-bond acceptors (Lipinski definition) is 4. The zero-order valence-electron chi connectivity index (χ0n) is 23.8. The molecule has 0 heterocycles. The van der Waals surface area contributed by atoms with E-state index in [1.54, 1.807) is 18.2 Å². The third-order valence-corrected chi connectivity index (χ3v) is 9.26. The molecule has 0 saturated heterocycles. The van der Waals surface area contributed by atoms with E-state index in [9.17, 15) is 18.0 Å². The topological polar surface area (TPSA) is 86.8 Å². The molecule has 0 spiro atoms. The first-order valence-electron chi connectivity index (χ1n) is 13.7. The lowest BCUT2D eigenvalue weighted by Crippen LogP contribution is -2.54. The lowest BCUT2D eigenvalue weighted by molar-refractivity contribution is -0.139. The number of sulfonamides is 1. The molecule has 220 valence electrons. The summed E-state index contributed by atoms with van der Waals surface area (Å²) in [6, 6.07) is 19.6. The molecule has 0 saturated carbocycles. The minimum absolute atomic E-state index is 0.00401. The van der Waals surface area contributed by atoms with Gasteiger partial charge in [0.05, 0.1) is 15.6 Å². The SMILES string of the molecule is CC[C@H](C(=O)N[C@@H](C)CC)N(CCc1ccccc1)C(=O)CN(c1cc(Cl)ccc1Cl)S(=O)(=O)c1ccc(C)cc1. The maximum Gasteiger partial charge on any atom is 0.264 e. The molecule has 2 atom stereocenters. The van der Waals surface area contributed by atoms with Gasteiger partial charge in [-0.05, 0) is 69.0 Å². The van der Waals surface area contributed by atoms with E-state index in [0.29, 0.717) is 12.8 Å². The van der Waals surface area contributed by atoms with Crippen LogP contribution in [0.4, 0.5) is 5.69 Å². The van der Waals surface area contributed by atoms with Crippen LogP contribution in [0.3, 0.4) is 0 Å². The molecule has 1 N–H and O–H groups in total. The Bertz CT molecular complexity index is 1430. The first kappa shape index (κ1) is 32.4. The Hall–Kier alpha value is -3.07. The molecule has 0 aliphatic rings. The molecule has 41 heavy (non-hydrogen) atoms. The van der Waals surface area contributed by atoms with Gasteiger partial charge in [-0.3, -0.25) is 13.9 Å². The molecule has 7 nitrogen and oxygen atoms in total. The fraction of sp³-hybridized carbons (Fsp3) is 0.355. The number of nitrogens with zero attached hydrogens (tertiary/aromatic N) is 2. The number of rotatable bonds is 13. The van der Waals surface area contributed by atoms with Crippen LogP contribution in [0, 0.1) is 6.92 Å². The monoisotopic (exact) mass is 617 g/mol. The Kier molecular flexibility index (Phi) is 11.6. The number of hydrogen-bond donors (Lipinski definition) is 1. The highest BCUT2D eigenvalue weighted by Crippen LogP contribution is 2.33. The van der Waals surface area contributed by atoms with Crippen molar-refractivity contribution in [1.82, 2.24) is 10.2 Å². The summed E-state index contributed by atoms with van der Waals surface area (Å²) in [5.74, 6) is -0.809. The normalized spacial score (nSPS) is 12.8. The standard InChI is InChI=1S/C31H37Cl2N3O4S/c1-5-23(4)34-31(38)28(6-2)35(19-18-24-10-8-7-9-11-24)30(37)21-36(29-20-25(32)14-17-27(29)33)41(39,40)26-15-12-22(3)13-16-26/h7-17,20,23,28H,5-6,18-19,21H2,1-4H3,(H,34,38)/t23-,28+/m0/s1. The van der Waals surface area contributed by atoms with E-state index in [1.165, 1.54) is 29.2 Å². The fourth-order valence-corrected chi connectivity index (χ4v) is 6.23. The van der Waals surface area contributed by atoms with Crippen molar-refractivity contribution < 1.29 is 18.0 Å². The summed E-state index contributed by atoms with van der Waals surface area (Å²) in [5.41, 5.74) is 1.95. The Morgan fingerprint density at radius 1 is 0.927 bits per heavy atom. The minimum Gasteiger partial charge on any atom is -0.352 e. The predicted molar refractivity (Wildman–Crippen MR) is 166 cm³/mol. The summed E-state index contributed by atoms with van der Waals surface area (Å²) in [6.07, 6.45) is 1.57. The molecule has 3 rings (SSSR count). The van der Waals surface area contributed by atoms with Gasteiger partial charge in [-0.2, -0.15) is 0 Å². The van der Waals surface area contributed by atoms with Crippen molar-refractivity contribution in [3.63, 3.8) is 0 Å². The highest BCUT2D eigenvalue weighted by atomic mass is 35.5. The molecule has 0 aliphatic carbocycles. The molecular weight excluding hydrogens is 581 g/mol. The van der Waals surface area contributed by atoms with Crippen molar-refractivity contribution in [2.45, 2.75) is 63.9 Å². The second-order valence-electron chi connectivity index (χ2n) is 9.99. The van der Waals surface area contributed by atoms with Crippen molar-refractivity contribution in [3.8, 4) is 0 Å². The second kappa shape index (κ2) is 14.7. The first-order chi connectivity index (χ1) is 19.5. The van der Waals surface area contributed by atoms with E-state index >= 15 is 0 Å². The quantitative estimate of drug-likeness (QED) is 0.245. The second-order valence-corrected chi connectivity index (χ2v) is 12.7. The Morgan fingerprint density at radius 3 is 2.20 bits per heavy atom. The van der Waals surface area contributed by atoms with Gasteiger partial charge in [-0.25, -0.2) is 8.42 Å². The number of benzene rings is 3. The molecular formula is C31H37Cl2N3O4S. The van der Waals surface area contributed by atoms with Crippen LogP contribution in [0.2, 0.25) is 10.0 Å². The third kappa shape index (κ3) is 8.47. The Morgan fingerprint density at radius 2 is 1.59 bits per heavy atom. The fourth-order valence-electron chi connectivity index (χ4n) is 4.36. The van der Waals surface area contributed by atoms with E-state index in [-0.39, 0.29) is 39.1 Å². The van der Waals surface area contributed by atoms with Gasteiger partial charge in [0.15, 0.2) is 0 Å². The van der Waals surface area contributed by atoms with Crippen LogP contribution in [-0.4, -0.2) is 50.3 Å². The molecule has 2 amide bonds. The van der Waals surface area contributed by atoms with Crippen LogP contribution in [0.5, 0.6) is 0 Å². The maximum atomic E-state index is 14.1. The molecule has 3 aromatic rings. The van der Waals surface area contributed by atoms with Crippen LogP contribution in [0.15, 0.2) is 77.7 Å². The van der Waals surface area contributed by atoms with Gasteiger partial charge in [-0.1, -0.05) is 85.1 Å². The van der Waals surface area contributed by atoms with Crippen molar-refractivity contribution in [2.24, 2.45) is 0 Å². The number of aryl methyl sites for hydroxylation is 1. The Balaban J connectivity index is 2.05. The number of halogens is 2. The molecule has 0 fully saturated rings. The van der Waals surface area contributed by atoms with Gasteiger partial charge in [0, 0.05) is 17.6 Å². The molecule has 0 aliphatic heterocycles. The summed E-state index contributed by atoms with van der Waals surface area (Å²) in [5, 5.41) is 3.36. The van der Waals surface area contributed by atoms with Crippen molar-refractivity contribution in [3.05, 3.63) is 94.0 Å². The largest absolute Gasteiger partial charge is 0.352 e. The summed E-state index contributed by atoms with van der Waals surface area (Å²) in [4.78, 5) is 28.9. The molecule has 0 radical (unpaired) electrons. The van der Waals surface area contributed by atoms with Gasteiger partial charge in [0.1, 0.15) is 12.6 Å². The van der Waals surface area contributed by atoms with E-state index in [4.69, 9.17) is 23.2 Å². The molecule has 0 unspecified atom stereocenters. The summed E-state index contributed by atoms with van der Waals surface area (Å²) < 4.78 is 28.9. The van der Waals surface area contributed by atoms with Gasteiger partial charge in [0.2, 0.25) is 11.8 Å². The van der Waals surface area contributed by atoms with Gasteiger partial charge in [-0.15, -0.1) is 0 Å². The lowest BCUT2D eigenvalue weighted by Gasteiger charge is -2.34. The van der Waals surface area contributed by atoms with Crippen molar-refractivity contribution in [2.75, 3.05) is 17.4 Å². The average molecular weight is 619 g/mol. The zero-order chi connectivity index (χ0) is 30.2. The summed E-state index contributed by atoms with van der Waals surface area (Å²) >= 11 is 12.7. The third-order valence-electron chi connectivity index (χ3n) is 6.94. The predicted octanol–water partition coefficient (Wildman–Crippen LogP) is 6.26. The highest BCUT2D eigenvalue weighted by Gasteiger charge is 2.34. The van der Waals surface area contributed by atoms with Crippen LogP contribution >= 0.6 is 23.2 Å². The number of carbonyl (C=O) groups excluding carboxylic acids is 2. The van der Waals surface area contributed by atoms with Gasteiger partial charge >= 0.3 is 0 Å². The maximum absolute atomic E-state index is 14.1. The smallest absolute Gasteiger partial charge is 0.264 e. The van der Waals surface area contributed by atoms with Gasteiger partial charge < -0.3 is 10.2 Å². The lowest BCUT2D eigenvalue weighted by atomic mass is 10.1. The highest BCUT2D eigenvalue weighted by molar-refractivity contribution is 7.92. The van der Waals surface area contributed by atoms with E-state index in [1.807, 2.05) is 58.0 Å². The van der Waals surface area contributed by atoms with Crippen LogP contribution in [0.25, 0.3) is 0 Å². The van der Waals surface area contributed by atoms with E-state index < -0.39 is 28.5 Å². The molecule has 10 heteroatoms. The number of nitrogens with one attached hydrogen (secondary N) is 1. The minimum atomic E-state index is -4.24. The first-order valence-corrected chi connectivity index (χ1v) is 15.9. The van der Waals surface area contributed by atoms with Crippen LogP contribution < -0.4 is 9.62 Å². The molecule has 0 aromatic heterocycles. The van der Waals surface area contributed by atoms with Gasteiger partial charge in [0.25, 0.3) is 10.0 Å². The molecule has 0 bridgehead atoms. The summed E-state index contributed by atoms with van der Waals surface area (Å²) in [6.45, 7) is 7.20. The number of carbonyl (C=O) groups is 2. The van der Waals surface area contributed by atoms with Crippen molar-refractivity contribution in [1.29, 1.82) is 0 Å². The number of anilines is 1. The van der Waals surface area contributed by atoms with Crippen LogP contribution in [-0.2, 0) is 26.0 Å². The van der Waals surface area contributed by atoms with Crippen molar-refractivity contribution >= 4 is 50.7 Å². The summed E-state index contributed by atoms with van der Waals surface area (Å²) in [7, 11) is -4.24. The zero-order valence-corrected chi connectivity index (χ0v) is 26.1. The average Bonchev–Trinajstić information content (AvgIpc) is 2.95. The van der Waals surface area contributed by atoms with Crippen LogP contribution in [0.1, 0.15) is 44.7 Å². The van der Waals surface area contributed by atoms with E-state index in [0.717, 1.165) is 21.9 Å². The Labute approximate surface area is 253 Å². The molecule has 3 aromatic carbocycles. The number of amides is 2.